The summed E-state index contributed by atoms with van der Waals surface area (Å²) in [4.78, 5) is 15.9. The van der Waals surface area contributed by atoms with Gasteiger partial charge < -0.3 is 10.1 Å². The molecule has 0 aliphatic carbocycles. The zero-order valence-corrected chi connectivity index (χ0v) is 10.7. The summed E-state index contributed by atoms with van der Waals surface area (Å²) in [6, 6.07) is 0. The third-order valence-electron chi connectivity index (χ3n) is 3.35. The van der Waals surface area contributed by atoms with E-state index >= 15 is 0 Å². The van der Waals surface area contributed by atoms with E-state index in [4.69, 9.17) is 4.74 Å². The maximum atomic E-state index is 12.0. The lowest BCUT2D eigenvalue weighted by Gasteiger charge is -2.08. The highest BCUT2D eigenvalue weighted by Gasteiger charge is 2.14. The predicted octanol–water partition coefficient (Wildman–Crippen LogP) is -0.483. The van der Waals surface area contributed by atoms with Crippen LogP contribution in [0.15, 0.2) is 23.4 Å². The molecular weight excluding hydrogens is 246 g/mol. The Morgan fingerprint density at radius 3 is 3.26 bits per heavy atom. The molecule has 0 amide bonds. The van der Waals surface area contributed by atoms with Gasteiger partial charge in [0.25, 0.3) is 0 Å². The average Bonchev–Trinajstić information content (AvgIpc) is 3.04. The van der Waals surface area contributed by atoms with Crippen LogP contribution in [0.5, 0.6) is 0 Å². The summed E-state index contributed by atoms with van der Waals surface area (Å²) in [7, 11) is 0. The van der Waals surface area contributed by atoms with Crippen LogP contribution in [0, 0.1) is 5.92 Å². The van der Waals surface area contributed by atoms with Gasteiger partial charge in [0.2, 0.25) is 0 Å². The maximum absolute atomic E-state index is 12.0. The highest BCUT2D eigenvalue weighted by Crippen LogP contribution is 2.10. The first-order valence-electron chi connectivity index (χ1n) is 6.52. The second kappa shape index (κ2) is 5.50. The molecule has 0 saturated carbocycles. The minimum Gasteiger partial charge on any atom is -0.381 e. The van der Waals surface area contributed by atoms with Gasteiger partial charge in [0, 0.05) is 32.1 Å². The van der Waals surface area contributed by atoms with Crippen LogP contribution in [0.1, 0.15) is 6.42 Å². The van der Waals surface area contributed by atoms with Crippen LogP contribution in [-0.2, 0) is 11.3 Å². The highest BCUT2D eigenvalue weighted by atomic mass is 16.5. The van der Waals surface area contributed by atoms with E-state index in [0.717, 1.165) is 32.7 Å². The summed E-state index contributed by atoms with van der Waals surface area (Å²) >= 11 is 0. The average molecular weight is 263 g/mol. The first kappa shape index (κ1) is 12.3. The normalized spacial score (nSPS) is 19.3. The number of ether oxygens (including phenoxy) is 1. The highest BCUT2D eigenvalue weighted by molar-refractivity contribution is 5.31. The smallest absolute Gasteiger partial charge is 0.350 e. The van der Waals surface area contributed by atoms with E-state index in [2.05, 4.69) is 15.4 Å². The van der Waals surface area contributed by atoms with Crippen molar-refractivity contribution in [2.45, 2.75) is 13.0 Å². The Morgan fingerprint density at radius 1 is 1.53 bits per heavy atom. The Balaban J connectivity index is 1.56. The van der Waals surface area contributed by atoms with Gasteiger partial charge in [0.05, 0.1) is 19.3 Å². The molecule has 3 rings (SSSR count). The molecule has 3 heterocycles. The van der Waals surface area contributed by atoms with Crippen LogP contribution in [0.25, 0.3) is 5.65 Å². The van der Waals surface area contributed by atoms with Gasteiger partial charge in [-0.3, -0.25) is 4.98 Å². The van der Waals surface area contributed by atoms with Crippen molar-refractivity contribution in [1.29, 1.82) is 0 Å². The lowest BCUT2D eigenvalue weighted by atomic mass is 10.1. The zero-order chi connectivity index (χ0) is 13.1. The van der Waals surface area contributed by atoms with Gasteiger partial charge in [-0.25, -0.2) is 13.9 Å². The van der Waals surface area contributed by atoms with Gasteiger partial charge >= 0.3 is 5.69 Å². The van der Waals surface area contributed by atoms with Crippen molar-refractivity contribution in [3.05, 3.63) is 29.1 Å². The number of nitrogens with one attached hydrogen (secondary N) is 1. The van der Waals surface area contributed by atoms with E-state index < -0.39 is 0 Å². The summed E-state index contributed by atoms with van der Waals surface area (Å²) in [5.41, 5.74) is 0.458. The fraction of sp³-hybridized carbons (Fsp3) is 0.583. The van der Waals surface area contributed by atoms with Crippen molar-refractivity contribution in [1.82, 2.24) is 24.5 Å². The molecule has 19 heavy (non-hydrogen) atoms. The Hall–Kier alpha value is -1.73. The molecule has 1 fully saturated rings. The van der Waals surface area contributed by atoms with E-state index in [0.29, 0.717) is 18.1 Å². The van der Waals surface area contributed by atoms with Crippen molar-refractivity contribution < 1.29 is 4.74 Å². The summed E-state index contributed by atoms with van der Waals surface area (Å²) < 4.78 is 8.28. The largest absolute Gasteiger partial charge is 0.381 e. The molecular formula is C12H17N5O2. The molecule has 2 aromatic rings. The molecule has 1 aliphatic rings. The molecule has 1 aliphatic heterocycles. The van der Waals surface area contributed by atoms with Crippen molar-refractivity contribution in [2.75, 3.05) is 26.3 Å². The monoisotopic (exact) mass is 263 g/mol. The number of nitrogens with zero attached hydrogens (tertiary/aromatic N) is 4. The van der Waals surface area contributed by atoms with Crippen LogP contribution in [-0.4, -0.2) is 45.5 Å². The maximum Gasteiger partial charge on any atom is 0.350 e. The minimum atomic E-state index is -0.122. The standard InChI is InChI=1S/C12H17N5O2/c18-12-16-4-2-14-8-11(16)15-17(12)5-3-13-7-10-1-6-19-9-10/h2,4,8,10,13H,1,3,5-7,9H2. The topological polar surface area (TPSA) is 73.5 Å². The van der Waals surface area contributed by atoms with E-state index in [9.17, 15) is 4.79 Å². The molecule has 0 radical (unpaired) electrons. The van der Waals surface area contributed by atoms with E-state index in [1.54, 1.807) is 18.6 Å². The number of hydrogen-bond acceptors (Lipinski definition) is 5. The lowest BCUT2D eigenvalue weighted by Crippen LogP contribution is -2.30. The summed E-state index contributed by atoms with van der Waals surface area (Å²) in [6.45, 7) is 3.93. The molecule has 2 aromatic heterocycles. The Labute approximate surface area is 110 Å². The number of fused-ring (bicyclic) bond motifs is 1. The van der Waals surface area contributed by atoms with E-state index in [1.807, 2.05) is 0 Å². The minimum absolute atomic E-state index is 0.122. The summed E-state index contributed by atoms with van der Waals surface area (Å²) in [5.74, 6) is 0.599. The third-order valence-corrected chi connectivity index (χ3v) is 3.35. The fourth-order valence-corrected chi connectivity index (χ4v) is 2.26. The van der Waals surface area contributed by atoms with Crippen LogP contribution in [0.4, 0.5) is 0 Å². The molecule has 0 aromatic carbocycles. The second-order valence-electron chi connectivity index (χ2n) is 4.74. The van der Waals surface area contributed by atoms with Crippen molar-refractivity contribution >= 4 is 5.65 Å². The molecule has 1 unspecified atom stereocenters. The molecule has 102 valence electrons. The number of aromatic nitrogens is 4. The summed E-state index contributed by atoms with van der Waals surface area (Å²) in [6.07, 6.45) is 5.91. The summed E-state index contributed by atoms with van der Waals surface area (Å²) in [5, 5.41) is 7.56. The van der Waals surface area contributed by atoms with Crippen LogP contribution < -0.4 is 11.0 Å². The SMILES string of the molecule is O=c1n(CCNCC2CCOC2)nc2cnccn12. The molecule has 7 heteroatoms. The van der Waals surface area contributed by atoms with Crippen LogP contribution >= 0.6 is 0 Å². The molecule has 0 bridgehead atoms. The van der Waals surface area contributed by atoms with Crippen LogP contribution in [0.3, 0.4) is 0 Å². The van der Waals surface area contributed by atoms with Crippen molar-refractivity contribution in [3.63, 3.8) is 0 Å². The molecule has 7 nitrogen and oxygen atoms in total. The van der Waals surface area contributed by atoms with E-state index in [-0.39, 0.29) is 5.69 Å². The van der Waals surface area contributed by atoms with Gasteiger partial charge in [-0.1, -0.05) is 0 Å². The van der Waals surface area contributed by atoms with Gasteiger partial charge in [0.15, 0.2) is 5.65 Å². The molecule has 1 N–H and O–H groups in total. The van der Waals surface area contributed by atoms with Crippen molar-refractivity contribution in [3.8, 4) is 0 Å². The van der Waals surface area contributed by atoms with Crippen molar-refractivity contribution in [2.24, 2.45) is 5.92 Å². The number of rotatable bonds is 5. The molecule has 1 atom stereocenters. The van der Waals surface area contributed by atoms with Crippen LogP contribution in [0.2, 0.25) is 0 Å². The first-order chi connectivity index (χ1) is 9.34. The Morgan fingerprint density at radius 2 is 2.47 bits per heavy atom. The Bertz CT molecular complexity index is 599. The van der Waals surface area contributed by atoms with Gasteiger partial charge in [-0.15, -0.1) is 5.10 Å². The first-order valence-corrected chi connectivity index (χ1v) is 6.52. The molecule has 1 saturated heterocycles. The third kappa shape index (κ3) is 2.66. The second-order valence-corrected chi connectivity index (χ2v) is 4.74. The fourth-order valence-electron chi connectivity index (χ4n) is 2.26. The van der Waals surface area contributed by atoms with Gasteiger partial charge in [-0.2, -0.15) is 0 Å². The van der Waals surface area contributed by atoms with E-state index in [1.165, 1.54) is 9.08 Å². The quantitative estimate of drug-likeness (QED) is 0.737. The predicted molar refractivity (Wildman–Crippen MR) is 69.0 cm³/mol. The lowest BCUT2D eigenvalue weighted by molar-refractivity contribution is 0.185. The van der Waals surface area contributed by atoms with Gasteiger partial charge in [0.1, 0.15) is 0 Å². The Kier molecular flexibility index (Phi) is 3.56. The zero-order valence-electron chi connectivity index (χ0n) is 10.7. The van der Waals surface area contributed by atoms with Gasteiger partial charge in [-0.05, 0) is 12.3 Å². The molecule has 0 spiro atoms. The number of hydrogen-bond donors (Lipinski definition) is 1.